The van der Waals surface area contributed by atoms with Gasteiger partial charge in [-0.15, -0.1) is 0 Å². The maximum atomic E-state index is 4.16. The van der Waals surface area contributed by atoms with Gasteiger partial charge in [0.2, 0.25) is 0 Å². The lowest BCUT2D eigenvalue weighted by Crippen LogP contribution is -1.88. The molecule has 0 aliphatic carbocycles. The molecule has 2 heterocycles. The van der Waals surface area contributed by atoms with Crippen molar-refractivity contribution in [3.05, 3.63) is 18.3 Å². The highest BCUT2D eigenvalue weighted by Crippen LogP contribution is 2.15. The van der Waals surface area contributed by atoms with Gasteiger partial charge in [-0.2, -0.15) is 5.10 Å². The third-order valence-corrected chi connectivity index (χ3v) is 1.56. The highest BCUT2D eigenvalue weighted by Gasteiger charge is 2.01. The van der Waals surface area contributed by atoms with Crippen LogP contribution in [0, 0.1) is 0 Å². The SMILES string of the molecule is CNc1n[nH]c2cccnc12. The van der Waals surface area contributed by atoms with Gasteiger partial charge in [-0.3, -0.25) is 10.1 Å². The first-order chi connectivity index (χ1) is 5.42. The highest BCUT2D eigenvalue weighted by molar-refractivity contribution is 5.85. The third kappa shape index (κ3) is 0.832. The fraction of sp³-hybridized carbons (Fsp3) is 0.143. The van der Waals surface area contributed by atoms with E-state index in [1.54, 1.807) is 6.20 Å². The van der Waals surface area contributed by atoms with Gasteiger partial charge in [0.25, 0.3) is 0 Å². The maximum Gasteiger partial charge on any atom is 0.174 e. The molecule has 2 aromatic rings. The standard InChI is InChI=1S/C7H8N4/c1-8-7-6-5(10-11-7)3-2-4-9-6/h2-4H,1H3,(H2,8,10,11). The van der Waals surface area contributed by atoms with Crippen molar-refractivity contribution < 1.29 is 0 Å². The summed E-state index contributed by atoms with van der Waals surface area (Å²) in [6.45, 7) is 0. The Labute approximate surface area is 63.6 Å². The zero-order valence-corrected chi connectivity index (χ0v) is 6.13. The lowest BCUT2D eigenvalue weighted by molar-refractivity contribution is 1.11. The highest BCUT2D eigenvalue weighted by atomic mass is 15.2. The molecule has 0 aliphatic heterocycles. The summed E-state index contributed by atoms with van der Waals surface area (Å²) in [5.41, 5.74) is 1.84. The van der Waals surface area contributed by atoms with Crippen molar-refractivity contribution in [2.24, 2.45) is 0 Å². The molecule has 0 saturated carbocycles. The van der Waals surface area contributed by atoms with Crippen LogP contribution in [0.1, 0.15) is 0 Å². The van der Waals surface area contributed by atoms with Crippen LogP contribution in [0.4, 0.5) is 5.82 Å². The number of hydrogen-bond acceptors (Lipinski definition) is 3. The minimum atomic E-state index is 0.792. The van der Waals surface area contributed by atoms with Gasteiger partial charge in [0.1, 0.15) is 5.52 Å². The predicted octanol–water partition coefficient (Wildman–Crippen LogP) is 1.000. The van der Waals surface area contributed by atoms with Crippen molar-refractivity contribution in [1.29, 1.82) is 0 Å². The van der Waals surface area contributed by atoms with Gasteiger partial charge in [-0.1, -0.05) is 0 Å². The molecule has 2 rings (SSSR count). The average molecular weight is 148 g/mol. The Hall–Kier alpha value is -1.58. The molecule has 56 valence electrons. The van der Waals surface area contributed by atoms with E-state index in [0.29, 0.717) is 0 Å². The van der Waals surface area contributed by atoms with Gasteiger partial charge >= 0.3 is 0 Å². The Morgan fingerprint density at radius 2 is 2.45 bits per heavy atom. The predicted molar refractivity (Wildman–Crippen MR) is 43.4 cm³/mol. The van der Waals surface area contributed by atoms with Gasteiger partial charge in [-0.25, -0.2) is 0 Å². The van der Waals surface area contributed by atoms with E-state index < -0.39 is 0 Å². The zero-order valence-electron chi connectivity index (χ0n) is 6.13. The Balaban J connectivity index is 2.76. The number of pyridine rings is 1. The molecule has 0 spiro atoms. The van der Waals surface area contributed by atoms with Crippen molar-refractivity contribution in [3.63, 3.8) is 0 Å². The van der Waals surface area contributed by atoms with Crippen LogP contribution in [-0.2, 0) is 0 Å². The molecule has 4 nitrogen and oxygen atoms in total. The monoisotopic (exact) mass is 148 g/mol. The van der Waals surface area contributed by atoms with Gasteiger partial charge in [0.15, 0.2) is 5.82 Å². The number of nitrogens with one attached hydrogen (secondary N) is 2. The second kappa shape index (κ2) is 2.23. The topological polar surface area (TPSA) is 53.6 Å². The van der Waals surface area contributed by atoms with E-state index in [1.807, 2.05) is 19.2 Å². The lowest BCUT2D eigenvalue weighted by atomic mass is 10.4. The number of aromatic nitrogens is 3. The van der Waals surface area contributed by atoms with Crippen LogP contribution in [0.15, 0.2) is 18.3 Å². The van der Waals surface area contributed by atoms with Gasteiger partial charge in [0.05, 0.1) is 5.52 Å². The van der Waals surface area contributed by atoms with Crippen molar-refractivity contribution in [2.45, 2.75) is 0 Å². The van der Waals surface area contributed by atoms with E-state index in [-0.39, 0.29) is 0 Å². The summed E-state index contributed by atoms with van der Waals surface area (Å²) in [5, 5.41) is 9.82. The van der Waals surface area contributed by atoms with Crippen molar-refractivity contribution in [2.75, 3.05) is 12.4 Å². The van der Waals surface area contributed by atoms with Crippen LogP contribution in [0.2, 0.25) is 0 Å². The van der Waals surface area contributed by atoms with Crippen LogP contribution in [-0.4, -0.2) is 22.2 Å². The van der Waals surface area contributed by atoms with Gasteiger partial charge in [0, 0.05) is 13.2 Å². The van der Waals surface area contributed by atoms with E-state index >= 15 is 0 Å². The van der Waals surface area contributed by atoms with Crippen LogP contribution in [0.25, 0.3) is 11.0 Å². The Kier molecular flexibility index (Phi) is 1.25. The van der Waals surface area contributed by atoms with Crippen molar-refractivity contribution in [3.8, 4) is 0 Å². The third-order valence-electron chi connectivity index (χ3n) is 1.56. The number of rotatable bonds is 1. The van der Waals surface area contributed by atoms with Crippen LogP contribution in [0.3, 0.4) is 0 Å². The van der Waals surface area contributed by atoms with Crippen molar-refractivity contribution >= 4 is 16.9 Å². The van der Waals surface area contributed by atoms with E-state index in [9.17, 15) is 0 Å². The molecule has 0 saturated heterocycles. The number of nitrogens with zero attached hydrogens (tertiary/aromatic N) is 2. The lowest BCUT2D eigenvalue weighted by Gasteiger charge is -1.90. The molecule has 0 unspecified atom stereocenters. The van der Waals surface area contributed by atoms with E-state index in [0.717, 1.165) is 16.9 Å². The number of aromatic amines is 1. The summed E-state index contributed by atoms with van der Waals surface area (Å²) in [6, 6.07) is 3.82. The first-order valence-corrected chi connectivity index (χ1v) is 3.38. The largest absolute Gasteiger partial charge is 0.370 e. The molecule has 2 N–H and O–H groups in total. The van der Waals surface area contributed by atoms with E-state index in [4.69, 9.17) is 0 Å². The minimum absolute atomic E-state index is 0.792. The Bertz CT molecular complexity index is 365. The summed E-state index contributed by atoms with van der Waals surface area (Å²) < 4.78 is 0. The summed E-state index contributed by atoms with van der Waals surface area (Å²) in [4.78, 5) is 4.16. The Morgan fingerprint density at radius 3 is 3.27 bits per heavy atom. The van der Waals surface area contributed by atoms with Gasteiger partial charge in [-0.05, 0) is 12.1 Å². The molecule has 0 bridgehead atoms. The molecule has 0 amide bonds. The fourth-order valence-corrected chi connectivity index (χ4v) is 1.03. The molecule has 0 radical (unpaired) electrons. The number of fused-ring (bicyclic) bond motifs is 1. The van der Waals surface area contributed by atoms with Crippen molar-refractivity contribution in [1.82, 2.24) is 15.2 Å². The second-order valence-electron chi connectivity index (χ2n) is 2.22. The summed E-state index contributed by atoms with van der Waals surface area (Å²) in [6.07, 6.45) is 1.75. The molecule has 0 atom stereocenters. The Morgan fingerprint density at radius 1 is 1.55 bits per heavy atom. The average Bonchev–Trinajstić information content (AvgIpc) is 2.47. The molecule has 0 fully saturated rings. The first kappa shape index (κ1) is 6.15. The molecule has 4 heteroatoms. The van der Waals surface area contributed by atoms with Crippen LogP contribution < -0.4 is 5.32 Å². The number of hydrogen-bond donors (Lipinski definition) is 2. The van der Waals surface area contributed by atoms with Crippen LogP contribution >= 0.6 is 0 Å². The molecule has 11 heavy (non-hydrogen) atoms. The van der Waals surface area contributed by atoms with Gasteiger partial charge < -0.3 is 5.32 Å². The molecule has 0 aromatic carbocycles. The quantitative estimate of drug-likeness (QED) is 0.634. The number of H-pyrrole nitrogens is 1. The van der Waals surface area contributed by atoms with Crippen LogP contribution in [0.5, 0.6) is 0 Å². The number of anilines is 1. The molecular weight excluding hydrogens is 140 g/mol. The molecule has 2 aromatic heterocycles. The van der Waals surface area contributed by atoms with E-state index in [1.165, 1.54) is 0 Å². The summed E-state index contributed by atoms with van der Waals surface area (Å²) in [7, 11) is 1.82. The summed E-state index contributed by atoms with van der Waals surface area (Å²) >= 11 is 0. The minimum Gasteiger partial charge on any atom is -0.370 e. The maximum absolute atomic E-state index is 4.16. The first-order valence-electron chi connectivity index (χ1n) is 3.38. The molecular formula is C7H8N4. The fourth-order valence-electron chi connectivity index (χ4n) is 1.03. The van der Waals surface area contributed by atoms with E-state index in [2.05, 4.69) is 20.5 Å². The smallest absolute Gasteiger partial charge is 0.174 e. The molecule has 0 aliphatic rings. The second-order valence-corrected chi connectivity index (χ2v) is 2.22. The summed E-state index contributed by atoms with van der Waals surface area (Å²) in [5.74, 6) is 0.792. The zero-order chi connectivity index (χ0) is 7.68. The normalized spacial score (nSPS) is 10.3.